The Balaban J connectivity index is 2.43. The second-order valence-electron chi connectivity index (χ2n) is 4.55. The van der Waals surface area contributed by atoms with Gasteiger partial charge >= 0.3 is 5.97 Å². The van der Waals surface area contributed by atoms with Crippen LogP contribution in [0.2, 0.25) is 0 Å². The third-order valence-electron chi connectivity index (χ3n) is 3.11. The zero-order valence-electron chi connectivity index (χ0n) is 12.3. The number of nitrogens with two attached hydrogens (primary N) is 1. The maximum absolute atomic E-state index is 12.4. The second kappa shape index (κ2) is 7.09. The van der Waals surface area contributed by atoms with Crippen molar-refractivity contribution in [2.45, 2.75) is 6.92 Å². The summed E-state index contributed by atoms with van der Waals surface area (Å²) in [6.45, 7) is 1.59. The van der Waals surface area contributed by atoms with Crippen LogP contribution in [-0.4, -0.2) is 24.9 Å². The van der Waals surface area contributed by atoms with E-state index >= 15 is 0 Å². The molecular weight excluding hydrogens is 431 g/mol. The van der Waals surface area contributed by atoms with E-state index in [9.17, 15) is 14.4 Å². The first-order chi connectivity index (χ1) is 10.9. The first-order valence-electron chi connectivity index (χ1n) is 6.44. The molecule has 6 nitrogen and oxygen atoms in total. The molecular formula is C15H13IN2O4S. The van der Waals surface area contributed by atoms with Crippen LogP contribution in [0.3, 0.4) is 0 Å². The Morgan fingerprint density at radius 3 is 2.48 bits per heavy atom. The van der Waals surface area contributed by atoms with Crippen molar-refractivity contribution in [2.75, 3.05) is 12.4 Å². The predicted octanol–water partition coefficient (Wildman–Crippen LogP) is 2.80. The average molecular weight is 444 g/mol. The van der Waals surface area contributed by atoms with E-state index in [0.29, 0.717) is 11.1 Å². The van der Waals surface area contributed by atoms with Crippen molar-refractivity contribution in [1.29, 1.82) is 0 Å². The molecule has 0 saturated heterocycles. The van der Waals surface area contributed by atoms with Crippen molar-refractivity contribution in [1.82, 2.24) is 0 Å². The Morgan fingerprint density at radius 2 is 1.91 bits per heavy atom. The van der Waals surface area contributed by atoms with Crippen LogP contribution in [-0.2, 0) is 4.74 Å². The van der Waals surface area contributed by atoms with Gasteiger partial charge in [0.1, 0.15) is 9.88 Å². The van der Waals surface area contributed by atoms with Crippen LogP contribution in [0.5, 0.6) is 0 Å². The van der Waals surface area contributed by atoms with Crippen LogP contribution in [0.15, 0.2) is 24.3 Å². The molecule has 8 heteroatoms. The lowest BCUT2D eigenvalue weighted by Gasteiger charge is -2.06. The van der Waals surface area contributed by atoms with Gasteiger partial charge in [-0.3, -0.25) is 9.59 Å². The van der Waals surface area contributed by atoms with Gasteiger partial charge in [-0.15, -0.1) is 11.3 Å². The second-order valence-corrected chi connectivity index (χ2v) is 6.73. The van der Waals surface area contributed by atoms with E-state index in [2.05, 4.69) is 10.1 Å². The molecule has 0 atom stereocenters. The molecule has 0 spiro atoms. The lowest BCUT2D eigenvalue weighted by molar-refractivity contribution is 0.0605. The molecule has 3 N–H and O–H groups in total. The van der Waals surface area contributed by atoms with Crippen molar-refractivity contribution in [3.63, 3.8) is 0 Å². The number of amides is 2. The summed E-state index contributed by atoms with van der Waals surface area (Å²) in [5, 5.41) is 2.89. The molecule has 0 saturated carbocycles. The Morgan fingerprint density at radius 1 is 1.26 bits per heavy atom. The standard InChI is InChI=1S/C15H13IN2O4S/c1-7-10(12(17)19)14(23-11(7)15(21)22-2)18-13(20)8-5-3-4-6-9(8)16/h3-6H,1-2H3,(H2,17,19)(H,18,20). The Labute approximate surface area is 150 Å². The molecule has 0 aliphatic rings. The first-order valence-corrected chi connectivity index (χ1v) is 8.33. The van der Waals surface area contributed by atoms with Gasteiger partial charge in [0.15, 0.2) is 0 Å². The number of carbonyl (C=O) groups is 3. The number of benzene rings is 1. The molecule has 0 bridgehead atoms. The van der Waals surface area contributed by atoms with E-state index in [0.717, 1.165) is 14.9 Å². The fourth-order valence-corrected chi connectivity index (χ4v) is 3.76. The monoisotopic (exact) mass is 444 g/mol. The molecule has 1 aromatic heterocycles. The molecule has 1 heterocycles. The fraction of sp³-hybridized carbons (Fsp3) is 0.133. The normalized spacial score (nSPS) is 10.2. The van der Waals surface area contributed by atoms with E-state index in [-0.39, 0.29) is 21.3 Å². The lowest BCUT2D eigenvalue weighted by atomic mass is 10.1. The number of primary amides is 1. The third kappa shape index (κ3) is 3.53. The van der Waals surface area contributed by atoms with Crippen LogP contribution < -0.4 is 11.1 Å². The van der Waals surface area contributed by atoms with Gasteiger partial charge in [-0.1, -0.05) is 12.1 Å². The largest absolute Gasteiger partial charge is 0.465 e. The zero-order valence-corrected chi connectivity index (χ0v) is 15.3. The Hall–Kier alpha value is -1.94. The summed E-state index contributed by atoms with van der Waals surface area (Å²) >= 11 is 3.01. The molecule has 2 amide bonds. The molecule has 1 aromatic carbocycles. The quantitative estimate of drug-likeness (QED) is 0.560. The summed E-state index contributed by atoms with van der Waals surface area (Å²) in [6.07, 6.45) is 0. The molecule has 0 aliphatic carbocycles. The summed E-state index contributed by atoms with van der Waals surface area (Å²) in [6, 6.07) is 7.02. The molecule has 23 heavy (non-hydrogen) atoms. The van der Waals surface area contributed by atoms with Crippen molar-refractivity contribution in [3.8, 4) is 0 Å². The average Bonchev–Trinajstić information content (AvgIpc) is 2.83. The Bertz CT molecular complexity index is 801. The van der Waals surface area contributed by atoms with Crippen molar-refractivity contribution < 1.29 is 19.1 Å². The Kier molecular flexibility index (Phi) is 5.37. The molecule has 2 rings (SSSR count). The van der Waals surface area contributed by atoms with Gasteiger partial charge in [0.25, 0.3) is 11.8 Å². The number of halogens is 1. The van der Waals surface area contributed by atoms with Crippen molar-refractivity contribution >= 4 is 56.7 Å². The number of carbonyl (C=O) groups excluding carboxylic acids is 3. The predicted molar refractivity (Wildman–Crippen MR) is 96.0 cm³/mol. The number of ether oxygens (including phenoxy) is 1. The van der Waals surface area contributed by atoms with E-state index in [4.69, 9.17) is 5.73 Å². The highest BCUT2D eigenvalue weighted by Crippen LogP contribution is 2.33. The number of nitrogens with one attached hydrogen (secondary N) is 1. The highest BCUT2D eigenvalue weighted by molar-refractivity contribution is 14.1. The first kappa shape index (κ1) is 17.4. The highest BCUT2D eigenvalue weighted by atomic mass is 127. The minimum absolute atomic E-state index is 0.120. The number of hydrogen-bond acceptors (Lipinski definition) is 5. The molecule has 0 aliphatic heterocycles. The van der Waals surface area contributed by atoms with Gasteiger partial charge in [-0.25, -0.2) is 4.79 Å². The van der Waals surface area contributed by atoms with Gasteiger partial charge in [-0.05, 0) is 47.2 Å². The summed E-state index contributed by atoms with van der Waals surface area (Å²) < 4.78 is 5.45. The highest BCUT2D eigenvalue weighted by Gasteiger charge is 2.25. The van der Waals surface area contributed by atoms with Crippen molar-refractivity contribution in [3.05, 3.63) is 49.4 Å². The molecule has 0 fully saturated rings. The minimum atomic E-state index is -0.716. The minimum Gasteiger partial charge on any atom is -0.465 e. The summed E-state index contributed by atoms with van der Waals surface area (Å²) in [7, 11) is 1.25. The van der Waals surface area contributed by atoms with E-state index < -0.39 is 11.9 Å². The number of hydrogen-bond donors (Lipinski definition) is 2. The van der Waals surface area contributed by atoms with Gasteiger partial charge in [0.05, 0.1) is 18.2 Å². The van der Waals surface area contributed by atoms with E-state index in [1.165, 1.54) is 7.11 Å². The van der Waals surface area contributed by atoms with Crippen LogP contribution >= 0.6 is 33.9 Å². The summed E-state index contributed by atoms with van der Waals surface area (Å²) in [5.74, 6) is -1.67. The number of thiophene rings is 1. The lowest BCUT2D eigenvalue weighted by Crippen LogP contribution is -2.18. The fourth-order valence-electron chi connectivity index (χ4n) is 2.00. The summed E-state index contributed by atoms with van der Waals surface area (Å²) in [4.78, 5) is 36.1. The zero-order chi connectivity index (χ0) is 17.1. The molecule has 2 aromatic rings. The van der Waals surface area contributed by atoms with Gasteiger partial charge < -0.3 is 15.8 Å². The van der Waals surface area contributed by atoms with E-state index in [1.807, 2.05) is 28.7 Å². The number of methoxy groups -OCH3 is 1. The van der Waals surface area contributed by atoms with Crippen LogP contribution in [0, 0.1) is 10.5 Å². The van der Waals surface area contributed by atoms with Gasteiger partial charge in [0.2, 0.25) is 0 Å². The number of anilines is 1. The van der Waals surface area contributed by atoms with Crippen LogP contribution in [0.1, 0.15) is 36.0 Å². The summed E-state index contributed by atoms with van der Waals surface area (Å²) in [5.41, 5.74) is 6.36. The van der Waals surface area contributed by atoms with Crippen LogP contribution in [0.25, 0.3) is 0 Å². The van der Waals surface area contributed by atoms with Crippen LogP contribution in [0.4, 0.5) is 5.00 Å². The molecule has 0 radical (unpaired) electrons. The topological polar surface area (TPSA) is 98.5 Å². The molecule has 120 valence electrons. The maximum Gasteiger partial charge on any atom is 0.348 e. The molecule has 0 unspecified atom stereocenters. The number of rotatable bonds is 4. The van der Waals surface area contributed by atoms with Crippen molar-refractivity contribution in [2.24, 2.45) is 5.73 Å². The SMILES string of the molecule is COC(=O)c1sc(NC(=O)c2ccccc2I)c(C(N)=O)c1C. The van der Waals surface area contributed by atoms with Gasteiger partial charge in [0, 0.05) is 3.57 Å². The smallest absolute Gasteiger partial charge is 0.348 e. The maximum atomic E-state index is 12.4. The van der Waals surface area contributed by atoms with Gasteiger partial charge in [-0.2, -0.15) is 0 Å². The number of esters is 1. The van der Waals surface area contributed by atoms with E-state index in [1.54, 1.807) is 25.1 Å². The third-order valence-corrected chi connectivity index (χ3v) is 5.24.